The molecule has 3 rings (SSSR count). The van der Waals surface area contributed by atoms with Gasteiger partial charge in [-0.15, -0.1) is 11.3 Å². The first-order valence-electron chi connectivity index (χ1n) is 9.94. The third kappa shape index (κ3) is 6.16. The van der Waals surface area contributed by atoms with E-state index >= 15 is 0 Å². The monoisotopic (exact) mass is 455 g/mol. The first kappa shape index (κ1) is 23.0. The van der Waals surface area contributed by atoms with E-state index in [0.29, 0.717) is 49.2 Å². The summed E-state index contributed by atoms with van der Waals surface area (Å²) in [5, 5.41) is 4.94. The van der Waals surface area contributed by atoms with Crippen molar-refractivity contribution >= 4 is 34.1 Å². The number of rotatable bonds is 5. The predicted octanol–water partition coefficient (Wildman–Crippen LogP) is 3.43. The quantitative estimate of drug-likeness (QED) is 0.748. The molecule has 0 spiro atoms. The Balaban J connectivity index is 1.55. The fraction of sp³-hybridized carbons (Fsp3) is 0.500. The topological polar surface area (TPSA) is 78.4 Å². The molecule has 3 heterocycles. The first-order chi connectivity index (χ1) is 14.6. The second-order valence-electron chi connectivity index (χ2n) is 7.59. The fourth-order valence-corrected chi connectivity index (χ4v) is 3.81. The molecular weight excluding hydrogens is 431 g/mol. The lowest BCUT2D eigenvalue weighted by atomic mass is 10.2. The molecule has 2 aromatic heterocycles. The third-order valence-corrected chi connectivity index (χ3v) is 5.69. The minimum absolute atomic E-state index is 0.0748. The smallest absolute Gasteiger partial charge is 0.355 e. The lowest BCUT2D eigenvalue weighted by molar-refractivity contribution is -0.137. The van der Waals surface area contributed by atoms with Gasteiger partial charge in [0.25, 0.3) is 0 Å². The molecule has 11 heteroatoms. The van der Waals surface area contributed by atoms with Crippen molar-refractivity contribution in [1.29, 1.82) is 0 Å². The van der Waals surface area contributed by atoms with E-state index in [1.54, 1.807) is 24.1 Å². The summed E-state index contributed by atoms with van der Waals surface area (Å²) >= 11 is 1.28. The predicted molar refractivity (Wildman–Crippen MR) is 112 cm³/mol. The molecule has 2 aromatic rings. The molecule has 0 aromatic carbocycles. The summed E-state index contributed by atoms with van der Waals surface area (Å²) in [6.45, 7) is 5.66. The Hall–Kier alpha value is -2.69. The Morgan fingerprint density at radius 1 is 1.19 bits per heavy atom. The normalized spacial score (nSPS) is 15.2. The summed E-state index contributed by atoms with van der Waals surface area (Å²) in [6.07, 6.45) is -2.77. The summed E-state index contributed by atoms with van der Waals surface area (Å²) < 4.78 is 38.2. The lowest BCUT2D eigenvalue weighted by Crippen LogP contribution is -2.36. The highest BCUT2D eigenvalue weighted by atomic mass is 32.1. The number of amides is 2. The van der Waals surface area contributed by atoms with Gasteiger partial charge in [0.1, 0.15) is 5.82 Å². The molecule has 0 radical (unpaired) electrons. The number of thiazole rings is 1. The van der Waals surface area contributed by atoms with Gasteiger partial charge in [-0.25, -0.2) is 9.97 Å². The van der Waals surface area contributed by atoms with E-state index in [1.807, 2.05) is 4.90 Å². The number of halogens is 3. The molecule has 1 fully saturated rings. The van der Waals surface area contributed by atoms with E-state index in [1.165, 1.54) is 17.4 Å². The van der Waals surface area contributed by atoms with Crippen molar-refractivity contribution in [2.45, 2.75) is 32.9 Å². The standard InChI is InChI=1S/C20H24F3N5O2S/c1-13(2)18(30)26-19-25-15(12-31-19)10-17(29)28-7-3-6-27(8-9-28)16-5-4-14(11-24-16)20(21,22)23/h4-5,11-13H,3,6-10H2,1-2H3,(H,25,26,30). The molecule has 1 aliphatic heterocycles. The molecule has 0 saturated carbocycles. The molecule has 2 amide bonds. The highest BCUT2D eigenvalue weighted by Gasteiger charge is 2.31. The molecular formula is C20H24F3N5O2S. The molecule has 0 atom stereocenters. The molecule has 1 N–H and O–H groups in total. The zero-order valence-corrected chi connectivity index (χ0v) is 18.1. The number of pyridine rings is 1. The van der Waals surface area contributed by atoms with Gasteiger partial charge in [-0.2, -0.15) is 13.2 Å². The molecule has 0 aliphatic carbocycles. The number of alkyl halides is 3. The maximum absolute atomic E-state index is 12.7. The number of nitrogens with one attached hydrogen (secondary N) is 1. The van der Waals surface area contributed by atoms with Crippen molar-refractivity contribution in [1.82, 2.24) is 14.9 Å². The zero-order chi connectivity index (χ0) is 22.6. The van der Waals surface area contributed by atoms with Crippen molar-refractivity contribution in [3.05, 3.63) is 35.0 Å². The van der Waals surface area contributed by atoms with Crippen molar-refractivity contribution in [3.63, 3.8) is 0 Å². The van der Waals surface area contributed by atoms with Gasteiger partial charge in [0.15, 0.2) is 5.13 Å². The van der Waals surface area contributed by atoms with Crippen LogP contribution < -0.4 is 10.2 Å². The summed E-state index contributed by atoms with van der Waals surface area (Å²) in [7, 11) is 0. The van der Waals surface area contributed by atoms with Gasteiger partial charge in [-0.1, -0.05) is 13.8 Å². The minimum Gasteiger partial charge on any atom is -0.355 e. The summed E-state index contributed by atoms with van der Waals surface area (Å²) in [5.41, 5.74) is -0.186. The third-order valence-electron chi connectivity index (χ3n) is 4.89. The number of carbonyl (C=O) groups is 2. The Labute approximate surface area is 182 Å². The lowest BCUT2D eigenvalue weighted by Gasteiger charge is -2.23. The van der Waals surface area contributed by atoms with Crippen molar-refractivity contribution in [3.8, 4) is 0 Å². The van der Waals surface area contributed by atoms with E-state index in [-0.39, 0.29) is 24.2 Å². The first-order valence-corrected chi connectivity index (χ1v) is 10.8. The molecule has 31 heavy (non-hydrogen) atoms. The van der Waals surface area contributed by atoms with Gasteiger partial charge in [-0.3, -0.25) is 9.59 Å². The molecule has 0 bridgehead atoms. The number of aromatic nitrogens is 2. The largest absolute Gasteiger partial charge is 0.417 e. The minimum atomic E-state index is -4.42. The van der Waals surface area contributed by atoms with Crippen LogP contribution in [-0.2, 0) is 22.2 Å². The second-order valence-corrected chi connectivity index (χ2v) is 8.45. The van der Waals surface area contributed by atoms with E-state index in [2.05, 4.69) is 15.3 Å². The van der Waals surface area contributed by atoms with Crippen LogP contribution in [0.2, 0.25) is 0 Å². The van der Waals surface area contributed by atoms with Crippen LogP contribution in [0.15, 0.2) is 23.7 Å². The summed E-state index contributed by atoms with van der Waals surface area (Å²) in [6, 6.07) is 2.39. The fourth-order valence-electron chi connectivity index (χ4n) is 3.10. The molecule has 0 unspecified atom stereocenters. The maximum Gasteiger partial charge on any atom is 0.417 e. The van der Waals surface area contributed by atoms with Crippen molar-refractivity contribution in [2.75, 3.05) is 36.4 Å². The molecule has 7 nitrogen and oxygen atoms in total. The Morgan fingerprint density at radius 3 is 2.61 bits per heavy atom. The Bertz CT molecular complexity index is 914. The zero-order valence-electron chi connectivity index (χ0n) is 17.3. The van der Waals surface area contributed by atoms with Crippen LogP contribution in [0.1, 0.15) is 31.5 Å². The van der Waals surface area contributed by atoms with E-state index in [0.717, 1.165) is 12.3 Å². The van der Waals surface area contributed by atoms with Gasteiger partial charge in [0.05, 0.1) is 17.7 Å². The number of anilines is 2. The van der Waals surface area contributed by atoms with Gasteiger partial charge in [-0.05, 0) is 18.6 Å². The van der Waals surface area contributed by atoms with Crippen LogP contribution in [-0.4, -0.2) is 52.9 Å². The van der Waals surface area contributed by atoms with Gasteiger partial charge < -0.3 is 15.1 Å². The van der Waals surface area contributed by atoms with Crippen LogP contribution in [0.4, 0.5) is 24.1 Å². The Morgan fingerprint density at radius 2 is 1.97 bits per heavy atom. The average molecular weight is 456 g/mol. The van der Waals surface area contributed by atoms with E-state index < -0.39 is 11.7 Å². The SMILES string of the molecule is CC(C)C(=O)Nc1nc(CC(=O)N2CCCN(c3ccc(C(F)(F)F)cn3)CC2)cs1. The Kier molecular flexibility index (Phi) is 7.14. The van der Waals surface area contributed by atoms with Crippen molar-refractivity contribution in [2.24, 2.45) is 5.92 Å². The van der Waals surface area contributed by atoms with Gasteiger partial charge >= 0.3 is 6.18 Å². The van der Waals surface area contributed by atoms with Crippen LogP contribution >= 0.6 is 11.3 Å². The van der Waals surface area contributed by atoms with E-state index in [9.17, 15) is 22.8 Å². The van der Waals surface area contributed by atoms with Gasteiger partial charge in [0.2, 0.25) is 11.8 Å². The average Bonchev–Trinajstić information content (AvgIpc) is 2.99. The highest BCUT2D eigenvalue weighted by Crippen LogP contribution is 2.29. The molecule has 1 aliphatic rings. The second kappa shape index (κ2) is 9.63. The maximum atomic E-state index is 12.7. The van der Waals surface area contributed by atoms with E-state index in [4.69, 9.17) is 0 Å². The number of carbonyl (C=O) groups excluding carboxylic acids is 2. The van der Waals surface area contributed by atoms with Crippen LogP contribution in [0.3, 0.4) is 0 Å². The van der Waals surface area contributed by atoms with Crippen LogP contribution in [0.25, 0.3) is 0 Å². The summed E-state index contributed by atoms with van der Waals surface area (Å²) in [5.74, 6) is 0.103. The number of hydrogen-bond acceptors (Lipinski definition) is 6. The van der Waals surface area contributed by atoms with Gasteiger partial charge in [0, 0.05) is 43.7 Å². The number of hydrogen-bond donors (Lipinski definition) is 1. The molecule has 168 valence electrons. The van der Waals surface area contributed by atoms with Crippen LogP contribution in [0.5, 0.6) is 0 Å². The van der Waals surface area contributed by atoms with Crippen molar-refractivity contribution < 1.29 is 22.8 Å². The molecule has 1 saturated heterocycles. The highest BCUT2D eigenvalue weighted by molar-refractivity contribution is 7.13. The summed E-state index contributed by atoms with van der Waals surface area (Å²) in [4.78, 5) is 36.3. The number of nitrogens with zero attached hydrogens (tertiary/aromatic N) is 4. The van der Waals surface area contributed by atoms with Crippen LogP contribution in [0, 0.1) is 5.92 Å².